The van der Waals surface area contributed by atoms with Crippen LogP contribution in [-0.4, -0.2) is 44.5 Å². The number of hydrogen-bond donors (Lipinski definition) is 2. The fraction of sp³-hybridized carbons (Fsp3) is 0.524. The van der Waals surface area contributed by atoms with E-state index in [0.29, 0.717) is 34.9 Å². The highest BCUT2D eigenvalue weighted by Crippen LogP contribution is 2.39. The van der Waals surface area contributed by atoms with Crippen LogP contribution in [0.4, 0.5) is 4.79 Å². The molecule has 2 N–H and O–H groups in total. The molecule has 0 radical (unpaired) electrons. The van der Waals surface area contributed by atoms with Crippen molar-refractivity contribution in [1.29, 1.82) is 0 Å². The smallest absolute Gasteiger partial charge is 0.338 e. The number of urea groups is 1. The molecule has 0 aromatic heterocycles. The summed E-state index contributed by atoms with van der Waals surface area (Å²) in [5, 5.41) is 5.43. The van der Waals surface area contributed by atoms with Crippen molar-refractivity contribution in [3.63, 3.8) is 0 Å². The van der Waals surface area contributed by atoms with Crippen LogP contribution in [0.1, 0.15) is 46.2 Å². The molecule has 0 fully saturated rings. The van der Waals surface area contributed by atoms with E-state index in [9.17, 15) is 9.59 Å². The maximum atomic E-state index is 12.8. The quantitative estimate of drug-likeness (QED) is 0.483. The molecule has 8 heteroatoms. The van der Waals surface area contributed by atoms with E-state index in [0.717, 1.165) is 0 Å². The number of esters is 1. The van der Waals surface area contributed by atoms with Gasteiger partial charge in [-0.25, -0.2) is 9.59 Å². The van der Waals surface area contributed by atoms with Crippen molar-refractivity contribution in [3.05, 3.63) is 35.0 Å². The molecule has 1 atom stereocenters. The molecule has 1 aliphatic rings. The van der Waals surface area contributed by atoms with Crippen molar-refractivity contribution in [2.24, 2.45) is 0 Å². The van der Waals surface area contributed by atoms with Gasteiger partial charge in [0.05, 0.1) is 37.5 Å². The Labute approximate surface area is 171 Å². The summed E-state index contributed by atoms with van der Waals surface area (Å²) in [7, 11) is 1.54. The number of ether oxygens (including phenoxy) is 4. The number of hydrogen-bond acceptors (Lipinski definition) is 6. The van der Waals surface area contributed by atoms with Gasteiger partial charge in [-0.3, -0.25) is 0 Å². The molecule has 1 aliphatic heterocycles. The summed E-state index contributed by atoms with van der Waals surface area (Å²) >= 11 is 0. The van der Waals surface area contributed by atoms with Crippen LogP contribution in [0.2, 0.25) is 0 Å². The van der Waals surface area contributed by atoms with Gasteiger partial charge in [-0.1, -0.05) is 12.1 Å². The zero-order chi connectivity index (χ0) is 21.6. The molecule has 0 spiro atoms. The number of carbonyl (C=O) groups is 2. The summed E-state index contributed by atoms with van der Waals surface area (Å²) in [6.07, 6.45) is -0.0818. The molecule has 29 heavy (non-hydrogen) atoms. The molecule has 0 saturated heterocycles. The van der Waals surface area contributed by atoms with Gasteiger partial charge in [0.1, 0.15) is 6.61 Å². The standard InChI is InChI=1S/C21H30N2O6/c1-12(2)27-10-11-28-20(24)17-14(5)22-21(25)23-18(17)15-8-7-9-16(26-6)19(15)29-13(3)4/h7-9,12-13,18H,10-11H2,1-6H3,(H2,22,23,25)/t18-/m0/s1. The summed E-state index contributed by atoms with van der Waals surface area (Å²) in [5.74, 6) is 0.448. The van der Waals surface area contributed by atoms with Gasteiger partial charge in [-0.2, -0.15) is 0 Å². The molecule has 1 heterocycles. The Hall–Kier alpha value is -2.74. The largest absolute Gasteiger partial charge is 0.493 e. The van der Waals surface area contributed by atoms with Crippen LogP contribution in [0.15, 0.2) is 29.5 Å². The van der Waals surface area contributed by atoms with Crippen molar-refractivity contribution in [2.75, 3.05) is 20.3 Å². The van der Waals surface area contributed by atoms with Gasteiger partial charge in [0.25, 0.3) is 0 Å². The van der Waals surface area contributed by atoms with Crippen LogP contribution in [0.3, 0.4) is 0 Å². The monoisotopic (exact) mass is 406 g/mol. The van der Waals surface area contributed by atoms with E-state index >= 15 is 0 Å². The molecular formula is C21H30N2O6. The van der Waals surface area contributed by atoms with Gasteiger partial charge in [0.2, 0.25) is 0 Å². The molecule has 1 aromatic carbocycles. The van der Waals surface area contributed by atoms with Gasteiger partial charge in [0, 0.05) is 11.3 Å². The molecule has 8 nitrogen and oxygen atoms in total. The molecule has 2 rings (SSSR count). The van der Waals surface area contributed by atoms with E-state index in [1.54, 1.807) is 25.1 Å². The molecule has 1 aromatic rings. The summed E-state index contributed by atoms with van der Waals surface area (Å²) < 4.78 is 22.2. The number of para-hydroxylation sites is 1. The molecule has 160 valence electrons. The number of carbonyl (C=O) groups excluding carboxylic acids is 2. The Kier molecular flexibility index (Phi) is 7.90. The van der Waals surface area contributed by atoms with Crippen molar-refractivity contribution in [2.45, 2.75) is 52.9 Å². The molecule has 0 bridgehead atoms. The van der Waals surface area contributed by atoms with Gasteiger partial charge in [-0.05, 0) is 40.7 Å². The second-order valence-corrected chi connectivity index (χ2v) is 7.17. The average molecular weight is 406 g/mol. The maximum Gasteiger partial charge on any atom is 0.338 e. The number of nitrogens with one attached hydrogen (secondary N) is 2. The van der Waals surface area contributed by atoms with Crippen molar-refractivity contribution in [3.8, 4) is 11.5 Å². The van der Waals surface area contributed by atoms with Crippen LogP contribution in [0.25, 0.3) is 0 Å². The molecule has 0 aliphatic carbocycles. The van der Waals surface area contributed by atoms with E-state index in [4.69, 9.17) is 18.9 Å². The lowest BCUT2D eigenvalue weighted by Crippen LogP contribution is -2.45. The Morgan fingerprint density at radius 1 is 1.14 bits per heavy atom. The van der Waals surface area contributed by atoms with Crippen molar-refractivity contribution < 1.29 is 28.5 Å². The highest BCUT2D eigenvalue weighted by Gasteiger charge is 2.35. The van der Waals surface area contributed by atoms with E-state index in [2.05, 4.69) is 10.6 Å². The highest BCUT2D eigenvalue weighted by molar-refractivity contribution is 5.95. The maximum absolute atomic E-state index is 12.8. The Balaban J connectivity index is 2.37. The van der Waals surface area contributed by atoms with Crippen LogP contribution >= 0.6 is 0 Å². The lowest BCUT2D eigenvalue weighted by atomic mass is 9.94. The third-order valence-electron chi connectivity index (χ3n) is 4.15. The van der Waals surface area contributed by atoms with E-state index in [1.165, 1.54) is 7.11 Å². The van der Waals surface area contributed by atoms with Crippen LogP contribution < -0.4 is 20.1 Å². The number of methoxy groups -OCH3 is 1. The molecule has 0 saturated carbocycles. The predicted octanol–water partition coefficient (Wildman–Crippen LogP) is 3.08. The summed E-state index contributed by atoms with van der Waals surface area (Å²) in [6.45, 7) is 9.66. The third kappa shape index (κ3) is 5.87. The third-order valence-corrected chi connectivity index (χ3v) is 4.15. The first-order valence-corrected chi connectivity index (χ1v) is 9.65. The zero-order valence-electron chi connectivity index (χ0n) is 17.8. The minimum Gasteiger partial charge on any atom is -0.493 e. The number of amides is 2. The summed E-state index contributed by atoms with van der Waals surface area (Å²) in [5.41, 5.74) is 1.33. The second-order valence-electron chi connectivity index (χ2n) is 7.17. The minimum absolute atomic E-state index is 0.0468. The number of benzene rings is 1. The SMILES string of the molecule is COc1cccc([C@@H]2NC(=O)NC(C)=C2C(=O)OCCOC(C)C)c1OC(C)C. The fourth-order valence-electron chi connectivity index (χ4n) is 2.98. The number of allylic oxidation sites excluding steroid dienone is 1. The normalized spacial score (nSPS) is 16.6. The van der Waals surface area contributed by atoms with E-state index in [-0.39, 0.29) is 18.8 Å². The predicted molar refractivity (Wildman–Crippen MR) is 108 cm³/mol. The topological polar surface area (TPSA) is 95.1 Å². The molecule has 0 unspecified atom stereocenters. The first-order valence-electron chi connectivity index (χ1n) is 9.65. The van der Waals surface area contributed by atoms with Gasteiger partial charge >= 0.3 is 12.0 Å². The zero-order valence-corrected chi connectivity index (χ0v) is 17.8. The second kappa shape index (κ2) is 10.2. The fourth-order valence-corrected chi connectivity index (χ4v) is 2.98. The van der Waals surface area contributed by atoms with Gasteiger partial charge in [0.15, 0.2) is 11.5 Å². The lowest BCUT2D eigenvalue weighted by molar-refractivity contribution is -0.141. The van der Waals surface area contributed by atoms with Crippen LogP contribution in [0.5, 0.6) is 11.5 Å². The van der Waals surface area contributed by atoms with Crippen molar-refractivity contribution in [1.82, 2.24) is 10.6 Å². The summed E-state index contributed by atoms with van der Waals surface area (Å²) in [4.78, 5) is 25.0. The Morgan fingerprint density at radius 3 is 2.48 bits per heavy atom. The number of rotatable bonds is 9. The van der Waals surface area contributed by atoms with Crippen LogP contribution in [-0.2, 0) is 14.3 Å². The first-order chi connectivity index (χ1) is 13.7. The first kappa shape index (κ1) is 22.5. The summed E-state index contributed by atoms with van der Waals surface area (Å²) in [6, 6.07) is 4.18. The Bertz CT molecular complexity index is 772. The van der Waals surface area contributed by atoms with Crippen molar-refractivity contribution >= 4 is 12.0 Å². The average Bonchev–Trinajstić information content (AvgIpc) is 2.64. The minimum atomic E-state index is -0.744. The van der Waals surface area contributed by atoms with Crippen LogP contribution in [0, 0.1) is 0 Å². The molecular weight excluding hydrogens is 376 g/mol. The van der Waals surface area contributed by atoms with E-state index < -0.39 is 18.0 Å². The van der Waals surface area contributed by atoms with E-state index in [1.807, 2.05) is 27.7 Å². The van der Waals surface area contributed by atoms with Gasteiger partial charge < -0.3 is 29.6 Å². The highest BCUT2D eigenvalue weighted by atomic mass is 16.6. The Morgan fingerprint density at radius 2 is 1.86 bits per heavy atom. The molecule has 2 amide bonds. The van der Waals surface area contributed by atoms with Gasteiger partial charge in [-0.15, -0.1) is 0 Å². The lowest BCUT2D eigenvalue weighted by Gasteiger charge is -2.30.